The molecular formula is C12H21N3O. The van der Waals surface area contributed by atoms with Crippen LogP contribution in [0.15, 0.2) is 18.5 Å². The number of carbonyl (C=O) groups excluding carboxylic acids is 1. The maximum atomic E-state index is 11.1. The van der Waals surface area contributed by atoms with Gasteiger partial charge in [-0.3, -0.25) is 4.79 Å². The van der Waals surface area contributed by atoms with Crippen LogP contribution in [0.5, 0.6) is 0 Å². The van der Waals surface area contributed by atoms with Gasteiger partial charge in [0, 0.05) is 45.0 Å². The largest absolute Gasteiger partial charge is 0.359 e. The third-order valence-electron chi connectivity index (χ3n) is 2.40. The van der Waals surface area contributed by atoms with E-state index in [4.69, 9.17) is 0 Å². The van der Waals surface area contributed by atoms with E-state index in [0.717, 1.165) is 13.1 Å². The fraction of sp³-hybridized carbons (Fsp3) is 0.583. The van der Waals surface area contributed by atoms with Crippen LogP contribution in [0.25, 0.3) is 0 Å². The van der Waals surface area contributed by atoms with Gasteiger partial charge in [-0.2, -0.15) is 0 Å². The number of carbonyl (C=O) groups is 1. The van der Waals surface area contributed by atoms with Gasteiger partial charge in [-0.1, -0.05) is 13.8 Å². The van der Waals surface area contributed by atoms with Crippen LogP contribution in [0.4, 0.5) is 0 Å². The minimum absolute atomic E-state index is 0.0792. The van der Waals surface area contributed by atoms with Crippen LogP contribution in [0.3, 0.4) is 0 Å². The number of rotatable bonds is 6. The van der Waals surface area contributed by atoms with Crippen molar-refractivity contribution in [2.45, 2.75) is 39.4 Å². The van der Waals surface area contributed by atoms with Crippen LogP contribution in [-0.2, 0) is 17.9 Å². The Balaban J connectivity index is 2.36. The van der Waals surface area contributed by atoms with Crippen molar-refractivity contribution in [3.8, 4) is 0 Å². The number of nitrogens with one attached hydrogen (secondary N) is 2. The zero-order valence-corrected chi connectivity index (χ0v) is 10.3. The van der Waals surface area contributed by atoms with E-state index in [2.05, 4.69) is 36.7 Å². The molecule has 4 nitrogen and oxygen atoms in total. The topological polar surface area (TPSA) is 46.1 Å². The van der Waals surface area contributed by atoms with E-state index < -0.39 is 0 Å². The second-order valence-corrected chi connectivity index (χ2v) is 4.22. The first-order valence-electron chi connectivity index (χ1n) is 5.70. The molecule has 0 fully saturated rings. The molecule has 1 heterocycles. The summed E-state index contributed by atoms with van der Waals surface area (Å²) in [6.07, 6.45) is 4.63. The standard InChI is InChI=1S/C12H21N3O/c1-10(2)14-8-11-4-6-15(9-11)7-5-12(16)13-3/h4,6,9-10,14H,5,7-8H2,1-3H3,(H,13,16). The molecule has 0 saturated heterocycles. The first-order chi connectivity index (χ1) is 7.61. The maximum Gasteiger partial charge on any atom is 0.221 e. The highest BCUT2D eigenvalue weighted by molar-refractivity contribution is 5.75. The molecule has 0 radical (unpaired) electrons. The molecule has 0 spiro atoms. The Kier molecular flexibility index (Phi) is 5.05. The first-order valence-corrected chi connectivity index (χ1v) is 5.70. The normalized spacial score (nSPS) is 10.8. The number of amides is 1. The van der Waals surface area contributed by atoms with Crippen molar-refractivity contribution in [2.75, 3.05) is 7.05 Å². The van der Waals surface area contributed by atoms with Gasteiger partial charge in [0.05, 0.1) is 0 Å². The summed E-state index contributed by atoms with van der Waals surface area (Å²) >= 11 is 0. The van der Waals surface area contributed by atoms with Crippen LogP contribution in [-0.4, -0.2) is 23.6 Å². The fourth-order valence-corrected chi connectivity index (χ4v) is 1.41. The van der Waals surface area contributed by atoms with E-state index in [1.54, 1.807) is 7.05 Å². The van der Waals surface area contributed by atoms with Crippen molar-refractivity contribution >= 4 is 5.91 Å². The van der Waals surface area contributed by atoms with Gasteiger partial charge in [0.15, 0.2) is 0 Å². The van der Waals surface area contributed by atoms with Crippen LogP contribution >= 0.6 is 0 Å². The SMILES string of the molecule is CNC(=O)CCn1ccc(CNC(C)C)c1. The van der Waals surface area contributed by atoms with Gasteiger partial charge < -0.3 is 15.2 Å². The highest BCUT2D eigenvalue weighted by atomic mass is 16.1. The monoisotopic (exact) mass is 223 g/mol. The lowest BCUT2D eigenvalue weighted by atomic mass is 10.3. The fourth-order valence-electron chi connectivity index (χ4n) is 1.41. The molecule has 0 aliphatic carbocycles. The molecule has 0 aromatic carbocycles. The van der Waals surface area contributed by atoms with Crippen molar-refractivity contribution in [3.05, 3.63) is 24.0 Å². The number of aryl methyl sites for hydroxylation is 1. The predicted molar refractivity (Wildman–Crippen MR) is 65.1 cm³/mol. The Hall–Kier alpha value is -1.29. The second-order valence-electron chi connectivity index (χ2n) is 4.22. The summed E-state index contributed by atoms with van der Waals surface area (Å²) in [6, 6.07) is 2.58. The summed E-state index contributed by atoms with van der Waals surface area (Å²) < 4.78 is 2.05. The van der Waals surface area contributed by atoms with Crippen LogP contribution in [0.2, 0.25) is 0 Å². The number of hydrogen-bond donors (Lipinski definition) is 2. The Bertz CT molecular complexity index is 331. The van der Waals surface area contributed by atoms with E-state index in [9.17, 15) is 4.79 Å². The van der Waals surface area contributed by atoms with Gasteiger partial charge in [-0.25, -0.2) is 0 Å². The minimum Gasteiger partial charge on any atom is -0.359 e. The van der Waals surface area contributed by atoms with E-state index in [0.29, 0.717) is 12.5 Å². The summed E-state index contributed by atoms with van der Waals surface area (Å²) in [5.74, 6) is 0.0792. The number of aromatic nitrogens is 1. The average Bonchev–Trinajstić information content (AvgIpc) is 2.71. The molecule has 0 bridgehead atoms. The zero-order chi connectivity index (χ0) is 12.0. The van der Waals surface area contributed by atoms with Crippen molar-refractivity contribution in [3.63, 3.8) is 0 Å². The molecule has 0 unspecified atom stereocenters. The van der Waals surface area contributed by atoms with Crippen molar-refractivity contribution in [1.29, 1.82) is 0 Å². The van der Waals surface area contributed by atoms with Gasteiger partial charge >= 0.3 is 0 Å². The lowest BCUT2D eigenvalue weighted by Gasteiger charge is -2.06. The molecule has 1 aromatic rings. The summed E-state index contributed by atoms with van der Waals surface area (Å²) in [6.45, 7) is 5.87. The highest BCUT2D eigenvalue weighted by Crippen LogP contribution is 2.02. The minimum atomic E-state index is 0.0792. The summed E-state index contributed by atoms with van der Waals surface area (Å²) in [5, 5.41) is 5.98. The molecule has 2 N–H and O–H groups in total. The predicted octanol–water partition coefficient (Wildman–Crippen LogP) is 1.12. The lowest BCUT2D eigenvalue weighted by molar-refractivity contribution is -0.120. The molecule has 0 aliphatic heterocycles. The highest BCUT2D eigenvalue weighted by Gasteiger charge is 2.01. The molecule has 90 valence electrons. The average molecular weight is 223 g/mol. The lowest BCUT2D eigenvalue weighted by Crippen LogP contribution is -2.21. The third-order valence-corrected chi connectivity index (χ3v) is 2.40. The second kappa shape index (κ2) is 6.33. The van der Waals surface area contributed by atoms with E-state index >= 15 is 0 Å². The van der Waals surface area contributed by atoms with Gasteiger partial charge in [-0.15, -0.1) is 0 Å². The van der Waals surface area contributed by atoms with E-state index in [1.165, 1.54) is 5.56 Å². The number of nitrogens with zero attached hydrogens (tertiary/aromatic N) is 1. The van der Waals surface area contributed by atoms with Crippen LogP contribution < -0.4 is 10.6 Å². The molecule has 0 saturated carbocycles. The Morgan fingerprint density at radius 1 is 1.50 bits per heavy atom. The Labute approximate surface area is 97.0 Å². The smallest absolute Gasteiger partial charge is 0.221 e. The van der Waals surface area contributed by atoms with Crippen molar-refractivity contribution in [1.82, 2.24) is 15.2 Å². The molecule has 0 aliphatic rings. The number of hydrogen-bond acceptors (Lipinski definition) is 2. The molecule has 1 aromatic heterocycles. The molecule has 0 atom stereocenters. The van der Waals surface area contributed by atoms with E-state index in [1.807, 2.05) is 10.8 Å². The first kappa shape index (κ1) is 12.8. The Morgan fingerprint density at radius 2 is 2.25 bits per heavy atom. The molecule has 16 heavy (non-hydrogen) atoms. The summed E-state index contributed by atoms with van der Waals surface area (Å²) in [4.78, 5) is 11.1. The molecule has 1 rings (SSSR count). The van der Waals surface area contributed by atoms with Gasteiger partial charge in [-0.05, 0) is 11.6 Å². The van der Waals surface area contributed by atoms with Gasteiger partial charge in [0.25, 0.3) is 0 Å². The van der Waals surface area contributed by atoms with Gasteiger partial charge in [0.2, 0.25) is 5.91 Å². The zero-order valence-electron chi connectivity index (χ0n) is 10.3. The molecular weight excluding hydrogens is 202 g/mol. The third kappa shape index (κ3) is 4.49. The van der Waals surface area contributed by atoms with Crippen LogP contribution in [0, 0.1) is 0 Å². The van der Waals surface area contributed by atoms with Gasteiger partial charge in [0.1, 0.15) is 0 Å². The van der Waals surface area contributed by atoms with Crippen LogP contribution in [0.1, 0.15) is 25.8 Å². The quantitative estimate of drug-likeness (QED) is 0.759. The molecule has 4 heteroatoms. The Morgan fingerprint density at radius 3 is 2.88 bits per heavy atom. The van der Waals surface area contributed by atoms with E-state index in [-0.39, 0.29) is 5.91 Å². The summed E-state index contributed by atoms with van der Waals surface area (Å²) in [7, 11) is 1.66. The van der Waals surface area contributed by atoms with Crippen molar-refractivity contribution in [2.24, 2.45) is 0 Å². The maximum absolute atomic E-state index is 11.1. The van der Waals surface area contributed by atoms with Crippen molar-refractivity contribution < 1.29 is 4.79 Å². The summed E-state index contributed by atoms with van der Waals surface area (Å²) in [5.41, 5.74) is 1.26. The molecule has 1 amide bonds.